The van der Waals surface area contributed by atoms with Crippen LogP contribution in [0.4, 0.5) is 5.69 Å². The minimum absolute atomic E-state index is 0.0193. The summed E-state index contributed by atoms with van der Waals surface area (Å²) in [4.78, 5) is 14.3. The van der Waals surface area contributed by atoms with Gasteiger partial charge in [-0.1, -0.05) is 12.1 Å². The number of nitrogens with zero attached hydrogens (tertiary/aromatic N) is 1. The highest BCUT2D eigenvalue weighted by Crippen LogP contribution is 2.21. The largest absolute Gasteiger partial charge is 0.376 e. The minimum atomic E-state index is -3.08. The van der Waals surface area contributed by atoms with Crippen LogP contribution in [0, 0.1) is 6.92 Å². The summed E-state index contributed by atoms with van der Waals surface area (Å²) in [6, 6.07) is 5.82. The minimum Gasteiger partial charge on any atom is -0.376 e. The van der Waals surface area contributed by atoms with Crippen LogP contribution in [-0.2, 0) is 20.4 Å². The Kier molecular flexibility index (Phi) is 5.68. The summed E-state index contributed by atoms with van der Waals surface area (Å²) in [5, 5.41) is 3.17. The molecular weight excluding hydrogens is 312 g/mol. The van der Waals surface area contributed by atoms with Gasteiger partial charge in [-0.15, -0.1) is 0 Å². The second kappa shape index (κ2) is 7.34. The van der Waals surface area contributed by atoms with Gasteiger partial charge in [-0.05, 0) is 50.3 Å². The number of benzene rings is 1. The third-order valence-corrected chi connectivity index (χ3v) is 5.25. The number of carbonyl (C=O) groups excluding carboxylic acids is 1. The molecule has 1 aliphatic heterocycles. The van der Waals surface area contributed by atoms with E-state index < -0.39 is 9.84 Å². The van der Waals surface area contributed by atoms with Gasteiger partial charge >= 0.3 is 0 Å². The summed E-state index contributed by atoms with van der Waals surface area (Å²) in [5.41, 5.74) is 2.48. The fraction of sp³-hybridized carbons (Fsp3) is 0.588. The van der Waals surface area contributed by atoms with Crippen LogP contribution in [0.1, 0.15) is 37.3 Å². The van der Waals surface area contributed by atoms with Crippen molar-refractivity contribution in [1.29, 1.82) is 0 Å². The molecule has 1 atom stereocenters. The van der Waals surface area contributed by atoms with Gasteiger partial charge in [0.1, 0.15) is 0 Å². The zero-order chi connectivity index (χ0) is 17.0. The number of rotatable bonds is 5. The number of hydrogen-bond donors (Lipinski definition) is 1. The van der Waals surface area contributed by atoms with E-state index in [1.807, 2.05) is 30.0 Å². The van der Waals surface area contributed by atoms with Crippen LogP contribution in [0.25, 0.3) is 0 Å². The van der Waals surface area contributed by atoms with Crippen molar-refractivity contribution in [3.8, 4) is 0 Å². The van der Waals surface area contributed by atoms with Crippen LogP contribution in [0.3, 0.4) is 0 Å². The third kappa shape index (κ3) is 4.96. The van der Waals surface area contributed by atoms with E-state index in [9.17, 15) is 13.2 Å². The van der Waals surface area contributed by atoms with Crippen molar-refractivity contribution in [1.82, 2.24) is 4.90 Å². The number of amides is 1. The van der Waals surface area contributed by atoms with Crippen LogP contribution < -0.4 is 5.32 Å². The maximum atomic E-state index is 12.4. The molecule has 0 bridgehead atoms. The molecule has 2 rings (SSSR count). The van der Waals surface area contributed by atoms with E-state index in [0.717, 1.165) is 36.2 Å². The van der Waals surface area contributed by atoms with Gasteiger partial charge in [-0.2, -0.15) is 0 Å². The zero-order valence-corrected chi connectivity index (χ0v) is 14.9. The maximum absolute atomic E-state index is 12.4. The average Bonchev–Trinajstić information content (AvgIpc) is 2.47. The molecule has 0 saturated carbocycles. The molecule has 0 aliphatic carbocycles. The predicted octanol–water partition coefficient (Wildman–Crippen LogP) is 2.35. The Morgan fingerprint density at radius 1 is 1.35 bits per heavy atom. The van der Waals surface area contributed by atoms with Gasteiger partial charge < -0.3 is 10.2 Å². The Balaban J connectivity index is 2.03. The predicted molar refractivity (Wildman–Crippen MR) is 93.2 cm³/mol. The number of piperidine rings is 1. The fourth-order valence-electron chi connectivity index (χ4n) is 3.05. The van der Waals surface area contributed by atoms with Gasteiger partial charge in [0.2, 0.25) is 5.91 Å². The van der Waals surface area contributed by atoms with Crippen LogP contribution in [0.5, 0.6) is 0 Å². The molecule has 0 spiro atoms. The number of hydrogen-bond acceptors (Lipinski definition) is 4. The molecule has 1 heterocycles. The van der Waals surface area contributed by atoms with Crippen molar-refractivity contribution in [2.75, 3.05) is 24.7 Å². The molecule has 6 heteroatoms. The molecule has 5 nitrogen and oxygen atoms in total. The van der Waals surface area contributed by atoms with Crippen LogP contribution in [-0.4, -0.2) is 44.6 Å². The lowest BCUT2D eigenvalue weighted by atomic mass is 10.0. The molecule has 0 radical (unpaired) electrons. The first kappa shape index (κ1) is 17.8. The Morgan fingerprint density at radius 3 is 2.74 bits per heavy atom. The Bertz CT molecular complexity index is 670. The fourth-order valence-corrected chi connectivity index (χ4v) is 3.93. The Morgan fingerprint density at radius 2 is 2.09 bits per heavy atom. The first-order valence-corrected chi connectivity index (χ1v) is 10.1. The topological polar surface area (TPSA) is 66.5 Å². The molecule has 1 N–H and O–H groups in total. The quantitative estimate of drug-likeness (QED) is 0.895. The van der Waals surface area contributed by atoms with Crippen LogP contribution in [0.15, 0.2) is 18.2 Å². The molecule has 1 aromatic rings. The number of anilines is 1. The Labute approximate surface area is 139 Å². The monoisotopic (exact) mass is 338 g/mol. The normalized spacial score (nSPS) is 18.7. The van der Waals surface area contributed by atoms with E-state index in [2.05, 4.69) is 12.2 Å². The van der Waals surface area contributed by atoms with Crippen LogP contribution in [0.2, 0.25) is 0 Å². The standard InChI is InChI=1S/C17H26N2O3S/c1-13-7-4-5-10-19(13)17(20)11-18-16-9-6-8-15(14(16)2)12-23(3,21)22/h6,8-9,13,18H,4-5,7,10-12H2,1-3H3. The molecule has 23 heavy (non-hydrogen) atoms. The maximum Gasteiger partial charge on any atom is 0.242 e. The van der Waals surface area contributed by atoms with Gasteiger partial charge in [0.05, 0.1) is 12.3 Å². The molecule has 1 unspecified atom stereocenters. The van der Waals surface area contributed by atoms with Crippen molar-refractivity contribution < 1.29 is 13.2 Å². The third-order valence-electron chi connectivity index (χ3n) is 4.42. The van der Waals surface area contributed by atoms with E-state index >= 15 is 0 Å². The van der Waals surface area contributed by atoms with Crippen molar-refractivity contribution in [2.24, 2.45) is 0 Å². The number of carbonyl (C=O) groups is 1. The molecule has 1 fully saturated rings. The smallest absolute Gasteiger partial charge is 0.242 e. The first-order valence-electron chi connectivity index (χ1n) is 8.07. The summed E-state index contributed by atoms with van der Waals surface area (Å²) in [6.07, 6.45) is 4.55. The van der Waals surface area contributed by atoms with E-state index in [1.54, 1.807) is 0 Å². The summed E-state index contributed by atoms with van der Waals surface area (Å²) in [6.45, 7) is 5.05. The average molecular weight is 338 g/mol. The van der Waals surface area contributed by atoms with Crippen molar-refractivity contribution >= 4 is 21.4 Å². The SMILES string of the molecule is Cc1c(CS(C)(=O)=O)cccc1NCC(=O)N1CCCCC1C. The number of likely N-dealkylation sites (tertiary alicyclic amines) is 1. The highest BCUT2D eigenvalue weighted by atomic mass is 32.2. The van der Waals surface area contributed by atoms with E-state index in [1.165, 1.54) is 12.7 Å². The van der Waals surface area contributed by atoms with E-state index in [-0.39, 0.29) is 18.2 Å². The van der Waals surface area contributed by atoms with Gasteiger partial charge in [-0.3, -0.25) is 4.79 Å². The van der Waals surface area contributed by atoms with Crippen LogP contribution >= 0.6 is 0 Å². The first-order chi connectivity index (χ1) is 10.8. The van der Waals surface area contributed by atoms with Gasteiger partial charge in [0.25, 0.3) is 0 Å². The molecular formula is C17H26N2O3S. The summed E-state index contributed by atoms with van der Waals surface area (Å²) in [7, 11) is -3.08. The molecule has 128 valence electrons. The Hall–Kier alpha value is -1.56. The lowest BCUT2D eigenvalue weighted by molar-refractivity contribution is -0.132. The van der Waals surface area contributed by atoms with Gasteiger partial charge in [-0.25, -0.2) is 8.42 Å². The highest BCUT2D eigenvalue weighted by molar-refractivity contribution is 7.89. The molecule has 1 saturated heterocycles. The highest BCUT2D eigenvalue weighted by Gasteiger charge is 2.22. The zero-order valence-electron chi connectivity index (χ0n) is 14.1. The summed E-state index contributed by atoms with van der Waals surface area (Å²) < 4.78 is 23.0. The van der Waals surface area contributed by atoms with Crippen molar-refractivity contribution in [2.45, 2.75) is 44.9 Å². The second-order valence-electron chi connectivity index (χ2n) is 6.45. The molecule has 1 aromatic carbocycles. The number of nitrogens with one attached hydrogen (secondary N) is 1. The van der Waals surface area contributed by atoms with E-state index in [4.69, 9.17) is 0 Å². The van der Waals surface area contributed by atoms with E-state index in [0.29, 0.717) is 6.04 Å². The molecule has 0 aromatic heterocycles. The second-order valence-corrected chi connectivity index (χ2v) is 8.59. The molecule has 1 amide bonds. The van der Waals surface area contributed by atoms with Crippen molar-refractivity contribution in [3.63, 3.8) is 0 Å². The van der Waals surface area contributed by atoms with Gasteiger partial charge in [0, 0.05) is 24.5 Å². The van der Waals surface area contributed by atoms with Crippen molar-refractivity contribution in [3.05, 3.63) is 29.3 Å². The molecule has 1 aliphatic rings. The summed E-state index contributed by atoms with van der Waals surface area (Å²) >= 11 is 0. The lowest BCUT2D eigenvalue weighted by Crippen LogP contribution is -2.44. The number of sulfone groups is 1. The summed E-state index contributed by atoms with van der Waals surface area (Å²) in [5.74, 6) is 0.121. The lowest BCUT2D eigenvalue weighted by Gasteiger charge is -2.33. The van der Waals surface area contributed by atoms with Gasteiger partial charge in [0.15, 0.2) is 9.84 Å².